The first-order valence-electron chi connectivity index (χ1n) is 7.12. The highest BCUT2D eigenvalue weighted by Gasteiger charge is 2.21. The maximum atomic E-state index is 12.3. The molecule has 1 atom stereocenters. The van der Waals surface area contributed by atoms with Gasteiger partial charge in [-0.05, 0) is 43.3 Å². The minimum Gasteiger partial charge on any atom is -0.450 e. The SMILES string of the molecule is CC(=O)Nc1ccc(C(=O)C(C)OC(=O)c2cccn2C)cc1. The van der Waals surface area contributed by atoms with Crippen LogP contribution in [0.2, 0.25) is 0 Å². The first kappa shape index (κ1) is 16.5. The number of nitrogens with zero attached hydrogens (tertiary/aromatic N) is 1. The number of hydrogen-bond acceptors (Lipinski definition) is 4. The second kappa shape index (κ2) is 6.91. The van der Waals surface area contributed by atoms with Gasteiger partial charge in [-0.15, -0.1) is 0 Å². The summed E-state index contributed by atoms with van der Waals surface area (Å²) in [5.74, 6) is -1.04. The lowest BCUT2D eigenvalue weighted by molar-refractivity contribution is -0.114. The number of aryl methyl sites for hydroxylation is 1. The van der Waals surface area contributed by atoms with Crippen LogP contribution in [0.4, 0.5) is 5.69 Å². The van der Waals surface area contributed by atoms with Crippen LogP contribution in [0.25, 0.3) is 0 Å². The van der Waals surface area contributed by atoms with Crippen molar-refractivity contribution in [1.82, 2.24) is 4.57 Å². The van der Waals surface area contributed by atoms with Crippen molar-refractivity contribution >= 4 is 23.3 Å². The molecular weight excluding hydrogens is 296 g/mol. The van der Waals surface area contributed by atoms with E-state index < -0.39 is 12.1 Å². The summed E-state index contributed by atoms with van der Waals surface area (Å²) in [4.78, 5) is 35.3. The standard InChI is InChI=1S/C17H18N2O4/c1-11(23-17(22)15-5-4-10-19(15)3)16(21)13-6-8-14(9-7-13)18-12(2)20/h4-11H,1-3H3,(H,18,20). The molecule has 120 valence electrons. The fourth-order valence-corrected chi connectivity index (χ4v) is 2.10. The van der Waals surface area contributed by atoms with Gasteiger partial charge in [-0.25, -0.2) is 4.79 Å². The number of ketones is 1. The Labute approximate surface area is 134 Å². The minimum absolute atomic E-state index is 0.186. The third-order valence-corrected chi connectivity index (χ3v) is 3.30. The summed E-state index contributed by atoms with van der Waals surface area (Å²) >= 11 is 0. The predicted octanol–water partition coefficient (Wildman–Crippen LogP) is 2.41. The molecule has 6 heteroatoms. The number of amides is 1. The smallest absolute Gasteiger partial charge is 0.355 e. The normalized spacial score (nSPS) is 11.6. The Balaban J connectivity index is 2.03. The lowest BCUT2D eigenvalue weighted by Gasteiger charge is -2.13. The van der Waals surface area contributed by atoms with Gasteiger partial charge in [0.25, 0.3) is 0 Å². The van der Waals surface area contributed by atoms with Crippen LogP contribution in [0.5, 0.6) is 0 Å². The quantitative estimate of drug-likeness (QED) is 0.679. The molecule has 1 amide bonds. The van der Waals surface area contributed by atoms with E-state index in [0.717, 1.165) is 0 Å². The summed E-state index contributed by atoms with van der Waals surface area (Å²) in [6.45, 7) is 2.94. The largest absolute Gasteiger partial charge is 0.450 e. The van der Waals surface area contributed by atoms with Crippen molar-refractivity contribution in [3.63, 3.8) is 0 Å². The Hall–Kier alpha value is -2.89. The van der Waals surface area contributed by atoms with Gasteiger partial charge >= 0.3 is 5.97 Å². The number of aromatic nitrogens is 1. The number of esters is 1. The van der Waals surface area contributed by atoms with E-state index >= 15 is 0 Å². The molecule has 1 heterocycles. The number of rotatable bonds is 5. The molecule has 23 heavy (non-hydrogen) atoms. The predicted molar refractivity (Wildman–Crippen MR) is 85.4 cm³/mol. The van der Waals surface area contributed by atoms with Crippen molar-refractivity contribution in [2.24, 2.45) is 7.05 Å². The van der Waals surface area contributed by atoms with Gasteiger partial charge < -0.3 is 14.6 Å². The number of hydrogen-bond donors (Lipinski definition) is 1. The van der Waals surface area contributed by atoms with Crippen molar-refractivity contribution in [3.8, 4) is 0 Å². The summed E-state index contributed by atoms with van der Waals surface area (Å²) < 4.78 is 6.83. The second-order valence-corrected chi connectivity index (χ2v) is 5.17. The summed E-state index contributed by atoms with van der Waals surface area (Å²) in [7, 11) is 1.73. The Morgan fingerprint density at radius 3 is 2.30 bits per heavy atom. The molecular formula is C17H18N2O4. The maximum absolute atomic E-state index is 12.3. The number of carbonyl (C=O) groups is 3. The van der Waals surface area contributed by atoms with Crippen LogP contribution < -0.4 is 5.32 Å². The van der Waals surface area contributed by atoms with Crippen molar-refractivity contribution in [2.45, 2.75) is 20.0 Å². The fourth-order valence-electron chi connectivity index (χ4n) is 2.10. The molecule has 0 radical (unpaired) electrons. The number of ether oxygens (including phenoxy) is 1. The van der Waals surface area contributed by atoms with E-state index in [1.165, 1.54) is 13.8 Å². The molecule has 0 fully saturated rings. The summed E-state index contributed by atoms with van der Waals surface area (Å²) in [5.41, 5.74) is 1.39. The Morgan fingerprint density at radius 2 is 1.78 bits per heavy atom. The molecule has 1 aromatic heterocycles. The third kappa shape index (κ3) is 4.06. The van der Waals surface area contributed by atoms with Crippen LogP contribution >= 0.6 is 0 Å². The molecule has 0 saturated heterocycles. The van der Waals surface area contributed by atoms with Crippen molar-refractivity contribution in [1.29, 1.82) is 0 Å². The van der Waals surface area contributed by atoms with E-state index in [4.69, 9.17) is 4.74 Å². The highest BCUT2D eigenvalue weighted by atomic mass is 16.5. The number of carbonyl (C=O) groups excluding carboxylic acids is 3. The van der Waals surface area contributed by atoms with Gasteiger partial charge in [-0.1, -0.05) is 0 Å². The van der Waals surface area contributed by atoms with Gasteiger partial charge in [0.1, 0.15) is 5.69 Å². The maximum Gasteiger partial charge on any atom is 0.355 e. The van der Waals surface area contributed by atoms with Crippen molar-refractivity contribution < 1.29 is 19.1 Å². The number of nitrogens with one attached hydrogen (secondary N) is 1. The molecule has 0 spiro atoms. The Morgan fingerprint density at radius 1 is 1.13 bits per heavy atom. The molecule has 0 bridgehead atoms. The van der Waals surface area contributed by atoms with Gasteiger partial charge in [-0.3, -0.25) is 9.59 Å². The molecule has 1 N–H and O–H groups in total. The van der Waals surface area contributed by atoms with E-state index in [9.17, 15) is 14.4 Å². The van der Waals surface area contributed by atoms with Gasteiger partial charge in [0.15, 0.2) is 6.10 Å². The van der Waals surface area contributed by atoms with Crippen molar-refractivity contribution in [3.05, 3.63) is 53.9 Å². The molecule has 2 aromatic rings. The Kier molecular flexibility index (Phi) is 4.95. The van der Waals surface area contributed by atoms with Gasteiger partial charge in [0.05, 0.1) is 0 Å². The average Bonchev–Trinajstić information content (AvgIpc) is 2.93. The number of Topliss-reactive ketones (excluding diaryl/α,β-unsaturated/α-hetero) is 1. The molecule has 0 aliphatic carbocycles. The lowest BCUT2D eigenvalue weighted by Crippen LogP contribution is -2.25. The monoisotopic (exact) mass is 314 g/mol. The van der Waals surface area contributed by atoms with Crippen LogP contribution in [0.15, 0.2) is 42.6 Å². The van der Waals surface area contributed by atoms with E-state index in [0.29, 0.717) is 16.9 Å². The second-order valence-electron chi connectivity index (χ2n) is 5.17. The molecule has 0 aliphatic rings. The highest BCUT2D eigenvalue weighted by molar-refractivity contribution is 6.01. The molecule has 1 unspecified atom stereocenters. The highest BCUT2D eigenvalue weighted by Crippen LogP contribution is 2.13. The zero-order valence-corrected chi connectivity index (χ0v) is 13.2. The summed E-state index contributed by atoms with van der Waals surface area (Å²) in [6.07, 6.45) is 0.827. The molecule has 0 aliphatic heterocycles. The summed E-state index contributed by atoms with van der Waals surface area (Å²) in [5, 5.41) is 2.62. The molecule has 2 rings (SSSR count). The third-order valence-electron chi connectivity index (χ3n) is 3.30. The van der Waals surface area contributed by atoms with Gasteiger partial charge in [0.2, 0.25) is 11.7 Å². The fraction of sp³-hybridized carbons (Fsp3) is 0.235. The van der Waals surface area contributed by atoms with E-state index in [2.05, 4.69) is 5.32 Å². The summed E-state index contributed by atoms with van der Waals surface area (Å²) in [6, 6.07) is 9.77. The van der Waals surface area contributed by atoms with Gasteiger partial charge in [0, 0.05) is 31.4 Å². The average molecular weight is 314 g/mol. The lowest BCUT2D eigenvalue weighted by atomic mass is 10.1. The van der Waals surface area contributed by atoms with Crippen LogP contribution in [0.1, 0.15) is 34.7 Å². The van der Waals surface area contributed by atoms with E-state index in [1.54, 1.807) is 54.2 Å². The van der Waals surface area contributed by atoms with E-state index in [1.807, 2.05) is 0 Å². The first-order valence-corrected chi connectivity index (χ1v) is 7.12. The first-order chi connectivity index (χ1) is 10.9. The van der Waals surface area contributed by atoms with Crippen LogP contribution in [-0.4, -0.2) is 28.3 Å². The van der Waals surface area contributed by atoms with E-state index in [-0.39, 0.29) is 11.7 Å². The molecule has 0 saturated carbocycles. The number of anilines is 1. The van der Waals surface area contributed by atoms with Gasteiger partial charge in [-0.2, -0.15) is 0 Å². The number of benzene rings is 1. The van der Waals surface area contributed by atoms with Crippen molar-refractivity contribution in [2.75, 3.05) is 5.32 Å². The zero-order valence-electron chi connectivity index (χ0n) is 13.2. The van der Waals surface area contributed by atoms with Crippen LogP contribution in [-0.2, 0) is 16.6 Å². The zero-order chi connectivity index (χ0) is 17.0. The van der Waals surface area contributed by atoms with Crippen LogP contribution in [0, 0.1) is 0 Å². The Bertz CT molecular complexity index is 731. The molecule has 6 nitrogen and oxygen atoms in total. The van der Waals surface area contributed by atoms with Crippen LogP contribution in [0.3, 0.4) is 0 Å². The topological polar surface area (TPSA) is 77.4 Å². The molecule has 1 aromatic carbocycles. The minimum atomic E-state index is -0.899.